The Labute approximate surface area is 147 Å². The van der Waals surface area contributed by atoms with Crippen LogP contribution in [0.15, 0.2) is 16.9 Å². The molecule has 2 aromatic heterocycles. The van der Waals surface area contributed by atoms with E-state index in [0.29, 0.717) is 11.8 Å². The van der Waals surface area contributed by atoms with Gasteiger partial charge in [0.15, 0.2) is 5.82 Å². The molecule has 1 saturated carbocycles. The third kappa shape index (κ3) is 4.37. The van der Waals surface area contributed by atoms with Crippen LogP contribution in [0.2, 0.25) is 0 Å². The molecule has 0 spiro atoms. The summed E-state index contributed by atoms with van der Waals surface area (Å²) in [5.74, 6) is 1.61. The first kappa shape index (κ1) is 17.4. The van der Waals surface area contributed by atoms with Crippen LogP contribution in [-0.2, 0) is 7.05 Å². The van der Waals surface area contributed by atoms with Crippen molar-refractivity contribution in [2.45, 2.75) is 64.0 Å². The first-order chi connectivity index (χ1) is 12.0. The molecule has 0 radical (unpaired) electrons. The fraction of sp³-hybridized carbons (Fsp3) is 0.647. The van der Waals surface area contributed by atoms with Gasteiger partial charge in [0.25, 0.3) is 0 Å². The molecule has 0 unspecified atom stereocenters. The van der Waals surface area contributed by atoms with Crippen molar-refractivity contribution in [3.05, 3.63) is 29.7 Å². The van der Waals surface area contributed by atoms with E-state index in [2.05, 4.69) is 25.9 Å². The number of carbonyl (C=O) groups is 1. The Morgan fingerprint density at radius 1 is 1.24 bits per heavy atom. The SMILES string of the molecule is C[C@H](NC(=O)N[C@@H](C)c1nc(C2CCCCC2)no1)c1cnn(C)c1. The Balaban J connectivity index is 1.53. The number of hydrogen-bond donors (Lipinski definition) is 2. The maximum atomic E-state index is 12.2. The van der Waals surface area contributed by atoms with Gasteiger partial charge in [0.1, 0.15) is 6.04 Å². The van der Waals surface area contributed by atoms with Gasteiger partial charge in [-0.2, -0.15) is 10.1 Å². The second-order valence-corrected chi connectivity index (χ2v) is 6.83. The normalized spacial score (nSPS) is 17.9. The van der Waals surface area contributed by atoms with Crippen molar-refractivity contribution in [1.82, 2.24) is 30.6 Å². The average molecular weight is 346 g/mol. The zero-order chi connectivity index (χ0) is 17.8. The fourth-order valence-electron chi connectivity index (χ4n) is 3.19. The smallest absolute Gasteiger partial charge is 0.315 e. The highest BCUT2D eigenvalue weighted by atomic mass is 16.5. The Kier molecular flexibility index (Phi) is 5.35. The lowest BCUT2D eigenvalue weighted by atomic mass is 9.89. The Morgan fingerprint density at radius 2 is 1.96 bits per heavy atom. The first-order valence-electron chi connectivity index (χ1n) is 8.92. The molecule has 0 bridgehead atoms. The zero-order valence-electron chi connectivity index (χ0n) is 15.0. The number of hydrogen-bond acceptors (Lipinski definition) is 5. The summed E-state index contributed by atoms with van der Waals surface area (Å²) in [6.45, 7) is 3.75. The van der Waals surface area contributed by atoms with Crippen molar-refractivity contribution in [2.24, 2.45) is 7.05 Å². The molecule has 2 heterocycles. The van der Waals surface area contributed by atoms with Crippen LogP contribution in [0.25, 0.3) is 0 Å². The minimum absolute atomic E-state index is 0.138. The van der Waals surface area contributed by atoms with Gasteiger partial charge in [-0.1, -0.05) is 24.4 Å². The summed E-state index contributed by atoms with van der Waals surface area (Å²) in [7, 11) is 1.85. The van der Waals surface area contributed by atoms with Crippen LogP contribution in [0.3, 0.4) is 0 Å². The lowest BCUT2D eigenvalue weighted by molar-refractivity contribution is 0.231. The predicted octanol–water partition coefficient (Wildman–Crippen LogP) is 2.97. The van der Waals surface area contributed by atoms with E-state index in [4.69, 9.17) is 4.52 Å². The molecule has 0 saturated heterocycles. The van der Waals surface area contributed by atoms with Gasteiger partial charge in [-0.3, -0.25) is 4.68 Å². The van der Waals surface area contributed by atoms with E-state index in [1.54, 1.807) is 10.9 Å². The maximum absolute atomic E-state index is 12.2. The third-order valence-corrected chi connectivity index (χ3v) is 4.72. The number of urea groups is 1. The molecule has 0 aliphatic heterocycles. The largest absolute Gasteiger partial charge is 0.337 e. The van der Waals surface area contributed by atoms with Crippen LogP contribution in [0.5, 0.6) is 0 Å². The predicted molar refractivity (Wildman–Crippen MR) is 91.8 cm³/mol. The van der Waals surface area contributed by atoms with Crippen LogP contribution in [0.1, 0.15) is 81.2 Å². The molecular weight excluding hydrogens is 320 g/mol. The standard InChI is InChI=1S/C17H26N6O2/c1-11(14-9-18-23(3)10-14)19-17(24)20-12(2)16-21-15(22-25-16)13-7-5-4-6-8-13/h9-13H,4-8H2,1-3H3,(H2,19,20,24)/t11-,12-/m0/s1. The highest BCUT2D eigenvalue weighted by Crippen LogP contribution is 2.31. The van der Waals surface area contributed by atoms with Crippen molar-refractivity contribution in [1.29, 1.82) is 0 Å². The van der Waals surface area contributed by atoms with Gasteiger partial charge in [0, 0.05) is 24.7 Å². The van der Waals surface area contributed by atoms with Gasteiger partial charge in [0.05, 0.1) is 12.2 Å². The van der Waals surface area contributed by atoms with E-state index in [0.717, 1.165) is 24.2 Å². The fourth-order valence-corrected chi connectivity index (χ4v) is 3.19. The molecule has 8 nitrogen and oxygen atoms in total. The maximum Gasteiger partial charge on any atom is 0.315 e. The minimum Gasteiger partial charge on any atom is -0.337 e. The highest BCUT2D eigenvalue weighted by molar-refractivity contribution is 5.74. The summed E-state index contributed by atoms with van der Waals surface area (Å²) in [4.78, 5) is 16.7. The molecule has 2 amide bonds. The number of rotatable bonds is 5. The number of aromatic nitrogens is 4. The van der Waals surface area contributed by atoms with Crippen molar-refractivity contribution in [2.75, 3.05) is 0 Å². The quantitative estimate of drug-likeness (QED) is 0.867. The van der Waals surface area contributed by atoms with Gasteiger partial charge < -0.3 is 15.2 Å². The summed E-state index contributed by atoms with van der Waals surface area (Å²) in [5.41, 5.74) is 0.947. The molecule has 8 heteroatoms. The molecule has 3 rings (SSSR count). The van der Waals surface area contributed by atoms with Gasteiger partial charge in [-0.05, 0) is 26.7 Å². The summed E-state index contributed by atoms with van der Waals surface area (Å²) >= 11 is 0. The van der Waals surface area contributed by atoms with Crippen LogP contribution in [-0.4, -0.2) is 26.0 Å². The van der Waals surface area contributed by atoms with Gasteiger partial charge in [-0.25, -0.2) is 4.79 Å². The molecular formula is C17H26N6O2. The summed E-state index contributed by atoms with van der Waals surface area (Å²) < 4.78 is 7.06. The van der Waals surface area contributed by atoms with Crippen molar-refractivity contribution in [3.8, 4) is 0 Å². The third-order valence-electron chi connectivity index (χ3n) is 4.72. The van der Waals surface area contributed by atoms with Crippen LogP contribution in [0, 0.1) is 0 Å². The van der Waals surface area contributed by atoms with E-state index in [-0.39, 0.29) is 18.1 Å². The Hall–Kier alpha value is -2.38. The molecule has 1 fully saturated rings. The summed E-state index contributed by atoms with van der Waals surface area (Å²) in [5, 5.41) is 14.0. The van der Waals surface area contributed by atoms with E-state index >= 15 is 0 Å². The van der Waals surface area contributed by atoms with Crippen LogP contribution < -0.4 is 10.6 Å². The van der Waals surface area contributed by atoms with Crippen molar-refractivity contribution >= 4 is 6.03 Å². The van der Waals surface area contributed by atoms with Crippen molar-refractivity contribution < 1.29 is 9.32 Å². The van der Waals surface area contributed by atoms with Gasteiger partial charge in [-0.15, -0.1) is 0 Å². The van der Waals surface area contributed by atoms with Crippen LogP contribution >= 0.6 is 0 Å². The Bertz CT molecular complexity index is 704. The molecule has 0 aromatic carbocycles. The summed E-state index contributed by atoms with van der Waals surface area (Å²) in [6.07, 6.45) is 9.57. The number of nitrogens with zero attached hydrogens (tertiary/aromatic N) is 4. The number of nitrogens with one attached hydrogen (secondary N) is 2. The topological polar surface area (TPSA) is 97.9 Å². The molecule has 2 atom stereocenters. The lowest BCUT2D eigenvalue weighted by Gasteiger charge is -2.17. The average Bonchev–Trinajstić information content (AvgIpc) is 3.24. The molecule has 2 aromatic rings. The van der Waals surface area contributed by atoms with Crippen LogP contribution in [0.4, 0.5) is 4.79 Å². The monoisotopic (exact) mass is 346 g/mol. The highest BCUT2D eigenvalue weighted by Gasteiger charge is 2.23. The Morgan fingerprint density at radius 3 is 2.64 bits per heavy atom. The lowest BCUT2D eigenvalue weighted by Crippen LogP contribution is -2.38. The van der Waals surface area contributed by atoms with E-state index in [1.165, 1.54) is 19.3 Å². The molecule has 1 aliphatic carbocycles. The van der Waals surface area contributed by atoms with E-state index in [1.807, 2.05) is 27.1 Å². The second-order valence-electron chi connectivity index (χ2n) is 6.83. The molecule has 2 N–H and O–H groups in total. The number of aryl methyl sites for hydroxylation is 1. The van der Waals surface area contributed by atoms with Gasteiger partial charge >= 0.3 is 6.03 Å². The molecule has 25 heavy (non-hydrogen) atoms. The van der Waals surface area contributed by atoms with E-state index < -0.39 is 0 Å². The van der Waals surface area contributed by atoms with E-state index in [9.17, 15) is 4.79 Å². The molecule has 1 aliphatic rings. The second kappa shape index (κ2) is 7.67. The van der Waals surface area contributed by atoms with Gasteiger partial charge in [0.2, 0.25) is 5.89 Å². The minimum atomic E-state index is -0.342. The molecule has 136 valence electrons. The number of amides is 2. The number of carbonyl (C=O) groups excluding carboxylic acids is 1. The first-order valence-corrected chi connectivity index (χ1v) is 8.92. The van der Waals surface area contributed by atoms with Crippen molar-refractivity contribution in [3.63, 3.8) is 0 Å². The summed E-state index contributed by atoms with van der Waals surface area (Å²) in [6, 6.07) is -0.756. The zero-order valence-corrected chi connectivity index (χ0v) is 15.0.